The standard InChI is InChI=1S/C15H18N2O/c16-9-8-15(6-7-15)11-17-10-5-12-3-1-2-4-13(12)14(17)18/h1-5,10H,6-9,11,16H2. The first-order chi connectivity index (χ1) is 8.74. The van der Waals surface area contributed by atoms with Crippen LogP contribution in [0.25, 0.3) is 10.8 Å². The third-order valence-electron chi connectivity index (χ3n) is 4.02. The Morgan fingerprint density at radius 2 is 2.00 bits per heavy atom. The Bertz CT molecular complexity index is 626. The number of nitrogens with two attached hydrogens (primary N) is 1. The van der Waals surface area contributed by atoms with E-state index in [4.69, 9.17) is 5.73 Å². The Hall–Kier alpha value is -1.61. The van der Waals surface area contributed by atoms with Gasteiger partial charge in [-0.1, -0.05) is 18.2 Å². The van der Waals surface area contributed by atoms with Crippen LogP contribution in [0.5, 0.6) is 0 Å². The Kier molecular flexibility index (Phi) is 2.71. The highest BCUT2D eigenvalue weighted by Crippen LogP contribution is 2.49. The van der Waals surface area contributed by atoms with Gasteiger partial charge < -0.3 is 10.3 Å². The van der Waals surface area contributed by atoms with Gasteiger partial charge in [0.25, 0.3) is 5.56 Å². The van der Waals surface area contributed by atoms with E-state index >= 15 is 0 Å². The molecule has 0 radical (unpaired) electrons. The van der Waals surface area contributed by atoms with Crippen molar-refractivity contribution in [3.63, 3.8) is 0 Å². The van der Waals surface area contributed by atoms with Crippen LogP contribution in [-0.4, -0.2) is 11.1 Å². The highest BCUT2D eigenvalue weighted by Gasteiger charge is 2.41. The highest BCUT2D eigenvalue weighted by atomic mass is 16.1. The molecule has 1 saturated carbocycles. The fourth-order valence-corrected chi connectivity index (χ4v) is 2.69. The predicted molar refractivity (Wildman–Crippen MR) is 73.5 cm³/mol. The van der Waals surface area contributed by atoms with Gasteiger partial charge in [-0.3, -0.25) is 4.79 Å². The summed E-state index contributed by atoms with van der Waals surface area (Å²) in [5.41, 5.74) is 6.06. The third-order valence-corrected chi connectivity index (χ3v) is 4.02. The Morgan fingerprint density at radius 3 is 2.72 bits per heavy atom. The molecule has 0 unspecified atom stereocenters. The van der Waals surface area contributed by atoms with E-state index in [9.17, 15) is 4.79 Å². The van der Waals surface area contributed by atoms with Crippen molar-refractivity contribution < 1.29 is 0 Å². The lowest BCUT2D eigenvalue weighted by Gasteiger charge is -2.16. The van der Waals surface area contributed by atoms with Crippen molar-refractivity contribution in [3.8, 4) is 0 Å². The van der Waals surface area contributed by atoms with Crippen molar-refractivity contribution in [2.24, 2.45) is 11.1 Å². The van der Waals surface area contributed by atoms with Crippen LogP contribution in [0.4, 0.5) is 0 Å². The van der Waals surface area contributed by atoms with Gasteiger partial charge in [-0.15, -0.1) is 0 Å². The van der Waals surface area contributed by atoms with Crippen LogP contribution >= 0.6 is 0 Å². The van der Waals surface area contributed by atoms with Crippen molar-refractivity contribution >= 4 is 10.8 Å². The number of hydrogen-bond donors (Lipinski definition) is 1. The van der Waals surface area contributed by atoms with Crippen molar-refractivity contribution in [3.05, 3.63) is 46.9 Å². The second-order valence-corrected chi connectivity index (χ2v) is 5.37. The lowest BCUT2D eigenvalue weighted by molar-refractivity contribution is 0.393. The number of fused-ring (bicyclic) bond motifs is 1. The molecule has 0 atom stereocenters. The first kappa shape index (κ1) is 11.5. The molecule has 1 aliphatic carbocycles. The first-order valence-electron chi connectivity index (χ1n) is 6.52. The van der Waals surface area contributed by atoms with E-state index in [-0.39, 0.29) is 5.56 Å². The summed E-state index contributed by atoms with van der Waals surface area (Å²) in [6, 6.07) is 9.78. The number of nitrogens with zero attached hydrogens (tertiary/aromatic N) is 1. The van der Waals surface area contributed by atoms with Gasteiger partial charge in [0.2, 0.25) is 0 Å². The van der Waals surface area contributed by atoms with Gasteiger partial charge >= 0.3 is 0 Å². The SMILES string of the molecule is NCCC1(Cn2ccc3ccccc3c2=O)CC1. The van der Waals surface area contributed by atoms with Gasteiger partial charge in [-0.05, 0) is 48.7 Å². The molecule has 3 heteroatoms. The van der Waals surface area contributed by atoms with Crippen LogP contribution in [-0.2, 0) is 6.54 Å². The van der Waals surface area contributed by atoms with Crippen molar-refractivity contribution in [1.29, 1.82) is 0 Å². The maximum Gasteiger partial charge on any atom is 0.258 e. The zero-order valence-electron chi connectivity index (χ0n) is 10.4. The summed E-state index contributed by atoms with van der Waals surface area (Å²) in [5, 5.41) is 1.82. The molecule has 0 bridgehead atoms. The molecule has 94 valence electrons. The molecular formula is C15H18N2O. The molecule has 3 nitrogen and oxygen atoms in total. The van der Waals surface area contributed by atoms with Crippen LogP contribution in [0.1, 0.15) is 19.3 Å². The van der Waals surface area contributed by atoms with Crippen LogP contribution in [0.2, 0.25) is 0 Å². The van der Waals surface area contributed by atoms with E-state index in [0.717, 1.165) is 23.7 Å². The number of pyridine rings is 1. The van der Waals surface area contributed by atoms with E-state index in [2.05, 4.69) is 0 Å². The molecular weight excluding hydrogens is 224 g/mol. The summed E-state index contributed by atoms with van der Waals surface area (Å²) in [6.07, 6.45) is 5.33. The molecule has 0 amide bonds. The normalized spacial score (nSPS) is 16.9. The summed E-state index contributed by atoms with van der Waals surface area (Å²) < 4.78 is 1.85. The van der Waals surface area contributed by atoms with Gasteiger partial charge in [0, 0.05) is 18.1 Å². The van der Waals surface area contributed by atoms with E-state index < -0.39 is 0 Å². The zero-order valence-corrected chi connectivity index (χ0v) is 10.4. The Balaban J connectivity index is 1.98. The quantitative estimate of drug-likeness (QED) is 0.892. The molecule has 1 fully saturated rings. The predicted octanol–water partition coefficient (Wildman–Crippen LogP) is 2.13. The molecule has 0 aliphatic heterocycles. The average Bonchev–Trinajstić information content (AvgIpc) is 3.14. The monoisotopic (exact) mass is 242 g/mol. The average molecular weight is 242 g/mol. The molecule has 0 spiro atoms. The minimum absolute atomic E-state index is 0.122. The van der Waals surface area contributed by atoms with Gasteiger partial charge in [-0.25, -0.2) is 0 Å². The summed E-state index contributed by atoms with van der Waals surface area (Å²) in [5.74, 6) is 0. The minimum Gasteiger partial charge on any atom is -0.330 e. The van der Waals surface area contributed by atoms with Crippen LogP contribution in [0, 0.1) is 5.41 Å². The maximum absolute atomic E-state index is 12.4. The summed E-state index contributed by atoms with van der Waals surface area (Å²) >= 11 is 0. The molecule has 3 rings (SSSR count). The fraction of sp³-hybridized carbons (Fsp3) is 0.400. The molecule has 2 N–H and O–H groups in total. The van der Waals surface area contributed by atoms with Crippen molar-refractivity contribution in [2.45, 2.75) is 25.8 Å². The Labute approximate surface area is 106 Å². The third kappa shape index (κ3) is 1.95. The van der Waals surface area contributed by atoms with Crippen LogP contribution < -0.4 is 11.3 Å². The molecule has 1 aromatic carbocycles. The number of hydrogen-bond acceptors (Lipinski definition) is 2. The molecule has 1 aromatic heterocycles. The van der Waals surface area contributed by atoms with Crippen LogP contribution in [0.15, 0.2) is 41.3 Å². The topological polar surface area (TPSA) is 48.0 Å². The molecule has 1 heterocycles. The van der Waals surface area contributed by atoms with Gasteiger partial charge in [0.15, 0.2) is 0 Å². The first-order valence-corrected chi connectivity index (χ1v) is 6.52. The minimum atomic E-state index is 0.122. The van der Waals surface area contributed by atoms with E-state index in [1.54, 1.807) is 0 Å². The summed E-state index contributed by atoms with van der Waals surface area (Å²) in [6.45, 7) is 1.52. The second-order valence-electron chi connectivity index (χ2n) is 5.37. The van der Waals surface area contributed by atoms with Gasteiger partial charge in [0.1, 0.15) is 0 Å². The number of benzene rings is 1. The molecule has 0 saturated heterocycles. The zero-order chi connectivity index (χ0) is 12.6. The largest absolute Gasteiger partial charge is 0.330 e. The molecule has 18 heavy (non-hydrogen) atoms. The smallest absolute Gasteiger partial charge is 0.258 e. The number of rotatable bonds is 4. The van der Waals surface area contributed by atoms with E-state index in [1.807, 2.05) is 41.1 Å². The molecule has 1 aliphatic rings. The maximum atomic E-state index is 12.4. The molecule has 2 aromatic rings. The number of aromatic nitrogens is 1. The van der Waals surface area contributed by atoms with Crippen LogP contribution in [0.3, 0.4) is 0 Å². The summed E-state index contributed by atoms with van der Waals surface area (Å²) in [4.78, 5) is 12.4. The van der Waals surface area contributed by atoms with E-state index in [0.29, 0.717) is 12.0 Å². The van der Waals surface area contributed by atoms with Crippen molar-refractivity contribution in [2.75, 3.05) is 6.54 Å². The highest BCUT2D eigenvalue weighted by molar-refractivity contribution is 5.81. The fourth-order valence-electron chi connectivity index (χ4n) is 2.69. The Morgan fingerprint density at radius 1 is 1.22 bits per heavy atom. The second kappa shape index (κ2) is 4.25. The van der Waals surface area contributed by atoms with Crippen molar-refractivity contribution in [1.82, 2.24) is 4.57 Å². The van der Waals surface area contributed by atoms with E-state index in [1.165, 1.54) is 12.8 Å². The summed E-state index contributed by atoms with van der Waals surface area (Å²) in [7, 11) is 0. The lowest BCUT2D eigenvalue weighted by Crippen LogP contribution is -2.25. The van der Waals surface area contributed by atoms with Gasteiger partial charge in [0.05, 0.1) is 0 Å². The lowest BCUT2D eigenvalue weighted by atomic mass is 10.0. The van der Waals surface area contributed by atoms with Gasteiger partial charge in [-0.2, -0.15) is 0 Å².